The molecule has 10 heteroatoms. The first-order chi connectivity index (χ1) is 12.6. The zero-order valence-electron chi connectivity index (χ0n) is 15.9. The number of rotatable bonds is 7. The van der Waals surface area contributed by atoms with E-state index in [9.17, 15) is 13.2 Å². The van der Waals surface area contributed by atoms with Gasteiger partial charge in [0.2, 0.25) is 10.0 Å². The smallest absolute Gasteiger partial charge is 0.338 e. The van der Waals surface area contributed by atoms with Crippen LogP contribution in [0.2, 0.25) is 0 Å². The number of esters is 1. The summed E-state index contributed by atoms with van der Waals surface area (Å²) in [6.45, 7) is 6.80. The molecule has 2 aromatic rings. The molecule has 0 saturated carbocycles. The number of sulfonamides is 1. The van der Waals surface area contributed by atoms with Gasteiger partial charge in [0.1, 0.15) is 10.6 Å². The summed E-state index contributed by atoms with van der Waals surface area (Å²) in [5, 5.41) is 3.71. The summed E-state index contributed by atoms with van der Waals surface area (Å²) in [5.41, 5.74) is -0.643. The second-order valence-corrected chi connectivity index (χ2v) is 8.41. The third kappa shape index (κ3) is 5.51. The van der Waals surface area contributed by atoms with Gasteiger partial charge < -0.3 is 14.0 Å². The summed E-state index contributed by atoms with van der Waals surface area (Å²) in [6, 6.07) is 4.03. The molecule has 2 rings (SSSR count). The predicted octanol–water partition coefficient (Wildman–Crippen LogP) is 2.07. The highest BCUT2D eigenvalue weighted by molar-refractivity contribution is 7.89. The van der Waals surface area contributed by atoms with Gasteiger partial charge in [-0.15, -0.1) is 0 Å². The van der Waals surface area contributed by atoms with Crippen LogP contribution in [0.25, 0.3) is 0 Å². The van der Waals surface area contributed by atoms with E-state index >= 15 is 0 Å². The highest BCUT2D eigenvalue weighted by Gasteiger charge is 2.26. The Labute approximate surface area is 158 Å². The molecule has 1 N–H and O–H groups in total. The molecule has 0 aliphatic heterocycles. The molecule has 0 atom stereocenters. The molecule has 0 radical (unpaired) electrons. The Balaban J connectivity index is 2.23. The topological polar surface area (TPSA) is 121 Å². The summed E-state index contributed by atoms with van der Waals surface area (Å²) in [4.78, 5) is 16.2. The quantitative estimate of drug-likeness (QED) is 0.705. The molecule has 0 spiro atoms. The number of carbonyl (C=O) groups excluding carboxylic acids is 1. The van der Waals surface area contributed by atoms with Gasteiger partial charge in [-0.1, -0.05) is 12.1 Å². The normalized spacial score (nSPS) is 12.0. The fraction of sp³-hybridized carbons (Fsp3) is 0.471. The minimum absolute atomic E-state index is 0.0558. The summed E-state index contributed by atoms with van der Waals surface area (Å²) in [5.74, 6) is 0.0667. The molecular formula is C17H23N3O6S. The van der Waals surface area contributed by atoms with E-state index in [1.54, 1.807) is 20.8 Å². The number of hydrogen-bond donors (Lipinski definition) is 1. The van der Waals surface area contributed by atoms with Gasteiger partial charge in [-0.3, -0.25) is 0 Å². The standard InChI is InChI=1S/C17H23N3O6S/c1-6-14-18-15(26-19-14)10-25-16(21)11-7-8-12(24-5)13(9-11)27(22,23)20-17(2,3)4/h7-9,20H,6,10H2,1-5H3. The zero-order chi connectivity index (χ0) is 20.2. The SMILES string of the molecule is CCc1noc(COC(=O)c2ccc(OC)c(S(=O)(=O)NC(C)(C)C)c2)n1. The third-order valence-corrected chi connectivity index (χ3v) is 5.06. The molecule has 0 saturated heterocycles. The largest absolute Gasteiger partial charge is 0.495 e. The monoisotopic (exact) mass is 397 g/mol. The van der Waals surface area contributed by atoms with Gasteiger partial charge in [-0.25, -0.2) is 17.9 Å². The van der Waals surface area contributed by atoms with Crippen LogP contribution in [0, 0.1) is 0 Å². The molecule has 148 valence electrons. The summed E-state index contributed by atoms with van der Waals surface area (Å²) >= 11 is 0. The number of nitrogens with zero attached hydrogens (tertiary/aromatic N) is 2. The lowest BCUT2D eigenvalue weighted by Crippen LogP contribution is -2.40. The molecule has 0 amide bonds. The van der Waals surface area contributed by atoms with Crippen molar-refractivity contribution in [3.05, 3.63) is 35.5 Å². The average Bonchev–Trinajstić information content (AvgIpc) is 3.05. The van der Waals surface area contributed by atoms with Gasteiger partial charge in [0.15, 0.2) is 12.4 Å². The van der Waals surface area contributed by atoms with E-state index in [-0.39, 0.29) is 28.7 Å². The van der Waals surface area contributed by atoms with E-state index in [1.807, 2.05) is 6.92 Å². The van der Waals surface area contributed by atoms with Crippen LogP contribution >= 0.6 is 0 Å². The minimum Gasteiger partial charge on any atom is -0.495 e. The Hall–Kier alpha value is -2.46. The van der Waals surface area contributed by atoms with Crippen molar-refractivity contribution in [1.29, 1.82) is 0 Å². The van der Waals surface area contributed by atoms with E-state index in [1.165, 1.54) is 25.3 Å². The van der Waals surface area contributed by atoms with Gasteiger partial charge in [-0.05, 0) is 39.0 Å². The fourth-order valence-corrected chi connectivity index (χ4v) is 3.79. The molecule has 27 heavy (non-hydrogen) atoms. The summed E-state index contributed by atoms with van der Waals surface area (Å²) < 4.78 is 43.0. The minimum atomic E-state index is -3.91. The highest BCUT2D eigenvalue weighted by Crippen LogP contribution is 2.26. The second kappa shape index (κ2) is 8.05. The number of aryl methyl sites for hydroxylation is 1. The van der Waals surface area contributed by atoms with Crippen LogP contribution in [-0.4, -0.2) is 37.2 Å². The van der Waals surface area contributed by atoms with Crippen molar-refractivity contribution >= 4 is 16.0 Å². The molecule has 1 aromatic carbocycles. The number of benzene rings is 1. The van der Waals surface area contributed by atoms with Crippen molar-refractivity contribution in [2.75, 3.05) is 7.11 Å². The molecule has 0 aliphatic carbocycles. The van der Waals surface area contributed by atoms with Gasteiger partial charge in [0.05, 0.1) is 12.7 Å². The van der Waals surface area contributed by atoms with Crippen LogP contribution in [0.3, 0.4) is 0 Å². The number of methoxy groups -OCH3 is 1. The highest BCUT2D eigenvalue weighted by atomic mass is 32.2. The Morgan fingerprint density at radius 3 is 2.56 bits per heavy atom. The van der Waals surface area contributed by atoms with Crippen molar-refractivity contribution in [1.82, 2.24) is 14.9 Å². The van der Waals surface area contributed by atoms with E-state index in [0.29, 0.717) is 12.2 Å². The maximum Gasteiger partial charge on any atom is 0.338 e. The molecule has 0 unspecified atom stereocenters. The Kier molecular flexibility index (Phi) is 6.22. The lowest BCUT2D eigenvalue weighted by molar-refractivity contribution is 0.0429. The Morgan fingerprint density at radius 2 is 2.00 bits per heavy atom. The maximum absolute atomic E-state index is 12.6. The van der Waals surface area contributed by atoms with Crippen molar-refractivity contribution in [2.24, 2.45) is 0 Å². The lowest BCUT2D eigenvalue weighted by Gasteiger charge is -2.21. The molecule has 1 heterocycles. The van der Waals surface area contributed by atoms with Crippen LogP contribution in [0.4, 0.5) is 0 Å². The first kappa shape index (κ1) is 20.8. The molecular weight excluding hydrogens is 374 g/mol. The van der Waals surface area contributed by atoms with Crippen molar-refractivity contribution in [3.8, 4) is 5.75 Å². The number of ether oxygens (including phenoxy) is 2. The second-order valence-electron chi connectivity index (χ2n) is 6.76. The Morgan fingerprint density at radius 1 is 1.30 bits per heavy atom. The first-order valence-corrected chi connectivity index (χ1v) is 9.74. The van der Waals surface area contributed by atoms with Gasteiger partial charge in [-0.2, -0.15) is 4.98 Å². The molecule has 1 aromatic heterocycles. The van der Waals surface area contributed by atoms with Gasteiger partial charge >= 0.3 is 5.97 Å². The zero-order valence-corrected chi connectivity index (χ0v) is 16.7. The predicted molar refractivity (Wildman–Crippen MR) is 95.9 cm³/mol. The van der Waals surface area contributed by atoms with Gasteiger partial charge in [0.25, 0.3) is 5.89 Å². The number of hydrogen-bond acceptors (Lipinski definition) is 8. The number of nitrogens with one attached hydrogen (secondary N) is 1. The third-order valence-electron chi connectivity index (χ3n) is 3.28. The molecule has 0 bridgehead atoms. The summed E-state index contributed by atoms with van der Waals surface area (Å²) in [6.07, 6.45) is 0.595. The van der Waals surface area contributed by atoms with Crippen LogP contribution in [0.5, 0.6) is 5.75 Å². The average molecular weight is 397 g/mol. The maximum atomic E-state index is 12.6. The molecule has 9 nitrogen and oxygen atoms in total. The van der Waals surface area contributed by atoms with Crippen LogP contribution in [0.1, 0.15) is 49.8 Å². The Bertz CT molecular complexity index is 915. The number of carbonyl (C=O) groups is 1. The van der Waals surface area contributed by atoms with Crippen molar-refractivity contribution in [2.45, 2.75) is 51.2 Å². The van der Waals surface area contributed by atoms with E-state index in [4.69, 9.17) is 14.0 Å². The van der Waals surface area contributed by atoms with E-state index in [0.717, 1.165) is 0 Å². The number of aromatic nitrogens is 2. The van der Waals surface area contributed by atoms with Crippen molar-refractivity contribution in [3.63, 3.8) is 0 Å². The van der Waals surface area contributed by atoms with Gasteiger partial charge in [0, 0.05) is 12.0 Å². The fourth-order valence-electron chi connectivity index (χ4n) is 2.17. The van der Waals surface area contributed by atoms with Crippen LogP contribution in [0.15, 0.2) is 27.6 Å². The van der Waals surface area contributed by atoms with Crippen LogP contribution < -0.4 is 9.46 Å². The van der Waals surface area contributed by atoms with Crippen LogP contribution in [-0.2, 0) is 27.8 Å². The lowest BCUT2D eigenvalue weighted by atomic mass is 10.1. The molecule has 0 fully saturated rings. The van der Waals surface area contributed by atoms with E-state index in [2.05, 4.69) is 14.9 Å². The summed E-state index contributed by atoms with van der Waals surface area (Å²) in [7, 11) is -2.56. The molecule has 0 aliphatic rings. The van der Waals surface area contributed by atoms with E-state index < -0.39 is 21.5 Å². The van der Waals surface area contributed by atoms with Crippen molar-refractivity contribution < 1.29 is 27.2 Å². The first-order valence-electron chi connectivity index (χ1n) is 8.26.